The van der Waals surface area contributed by atoms with Gasteiger partial charge in [-0.15, -0.1) is 0 Å². The average molecular weight is 132 g/mol. The summed E-state index contributed by atoms with van der Waals surface area (Å²) in [4.78, 5) is 9.09. The molecular weight excluding hydrogens is 120 g/mol. The van der Waals surface area contributed by atoms with Crippen LogP contribution >= 0.6 is 0 Å². The van der Waals surface area contributed by atoms with Crippen LogP contribution in [0.2, 0.25) is 0 Å². The van der Waals surface area contributed by atoms with Gasteiger partial charge in [-0.05, 0) is 13.3 Å². The minimum Gasteiger partial charge on any atom is -0.321 e. The van der Waals surface area contributed by atoms with Crippen molar-refractivity contribution < 1.29 is 14.5 Å². The first-order valence-corrected chi connectivity index (χ1v) is 3.21. The third-order valence-electron chi connectivity index (χ3n) is 1.31. The molecule has 0 spiro atoms. The van der Waals surface area contributed by atoms with E-state index in [0.717, 1.165) is 6.42 Å². The topological polar surface area (TPSA) is 34.3 Å². The highest BCUT2D eigenvalue weighted by Crippen LogP contribution is 2.31. The lowest BCUT2D eigenvalue weighted by atomic mass is 10.3. The SMILES string of the molecule is CCC(C)OC1(C)OO1. The van der Waals surface area contributed by atoms with Gasteiger partial charge in [0.2, 0.25) is 0 Å². The number of ether oxygens (including phenoxy) is 1. The molecule has 0 radical (unpaired) electrons. The van der Waals surface area contributed by atoms with E-state index in [1.807, 2.05) is 6.92 Å². The second-order valence-electron chi connectivity index (χ2n) is 2.37. The molecule has 54 valence electrons. The maximum Gasteiger partial charge on any atom is 0.337 e. The Labute approximate surface area is 54.8 Å². The second kappa shape index (κ2) is 2.25. The fraction of sp³-hybridized carbons (Fsp3) is 1.00. The molecule has 3 heteroatoms. The van der Waals surface area contributed by atoms with Crippen molar-refractivity contribution in [2.45, 2.75) is 39.3 Å². The van der Waals surface area contributed by atoms with Crippen LogP contribution in [0.3, 0.4) is 0 Å². The van der Waals surface area contributed by atoms with E-state index >= 15 is 0 Å². The summed E-state index contributed by atoms with van der Waals surface area (Å²) in [5.41, 5.74) is 0. The summed E-state index contributed by atoms with van der Waals surface area (Å²) in [7, 11) is 0. The monoisotopic (exact) mass is 132 g/mol. The van der Waals surface area contributed by atoms with Crippen LogP contribution in [0.25, 0.3) is 0 Å². The molecule has 1 unspecified atom stereocenters. The lowest BCUT2D eigenvalue weighted by Crippen LogP contribution is -2.17. The molecule has 0 aliphatic carbocycles. The first-order valence-electron chi connectivity index (χ1n) is 3.21. The van der Waals surface area contributed by atoms with E-state index in [9.17, 15) is 0 Å². The molecule has 1 atom stereocenters. The summed E-state index contributed by atoms with van der Waals surface area (Å²) < 4.78 is 5.25. The van der Waals surface area contributed by atoms with Crippen LogP contribution < -0.4 is 0 Å². The molecule has 0 aromatic rings. The van der Waals surface area contributed by atoms with Gasteiger partial charge < -0.3 is 4.74 Å². The summed E-state index contributed by atoms with van der Waals surface area (Å²) in [6, 6.07) is 0. The average Bonchev–Trinajstić information content (AvgIpc) is 2.48. The van der Waals surface area contributed by atoms with Gasteiger partial charge in [-0.1, -0.05) is 6.92 Å². The van der Waals surface area contributed by atoms with E-state index in [-0.39, 0.29) is 6.10 Å². The smallest absolute Gasteiger partial charge is 0.321 e. The third-order valence-corrected chi connectivity index (χ3v) is 1.31. The second-order valence-corrected chi connectivity index (χ2v) is 2.37. The van der Waals surface area contributed by atoms with Crippen LogP contribution in [0, 0.1) is 0 Å². The highest BCUT2D eigenvalue weighted by atomic mass is 17.4. The Morgan fingerprint density at radius 2 is 2.11 bits per heavy atom. The van der Waals surface area contributed by atoms with Gasteiger partial charge in [0.05, 0.1) is 6.10 Å². The maximum absolute atomic E-state index is 5.25. The van der Waals surface area contributed by atoms with Crippen molar-refractivity contribution in [3.8, 4) is 0 Å². The zero-order valence-electron chi connectivity index (χ0n) is 6.01. The molecule has 0 N–H and O–H groups in total. The lowest BCUT2D eigenvalue weighted by molar-refractivity contribution is -0.0833. The van der Waals surface area contributed by atoms with Gasteiger partial charge in [0.1, 0.15) is 0 Å². The highest BCUT2D eigenvalue weighted by molar-refractivity contribution is 4.55. The summed E-state index contributed by atoms with van der Waals surface area (Å²) in [5.74, 6) is -0.727. The van der Waals surface area contributed by atoms with Gasteiger partial charge in [-0.25, -0.2) is 0 Å². The van der Waals surface area contributed by atoms with E-state index in [2.05, 4.69) is 16.7 Å². The van der Waals surface area contributed by atoms with Crippen molar-refractivity contribution >= 4 is 0 Å². The van der Waals surface area contributed by atoms with E-state index in [1.165, 1.54) is 0 Å². The van der Waals surface area contributed by atoms with Gasteiger partial charge in [-0.2, -0.15) is 9.78 Å². The molecule has 0 saturated carbocycles. The molecule has 1 aliphatic rings. The Balaban J connectivity index is 2.17. The van der Waals surface area contributed by atoms with E-state index in [0.29, 0.717) is 0 Å². The van der Waals surface area contributed by atoms with Gasteiger partial charge in [0.15, 0.2) is 0 Å². The van der Waals surface area contributed by atoms with Crippen molar-refractivity contribution in [3.63, 3.8) is 0 Å². The summed E-state index contributed by atoms with van der Waals surface area (Å²) >= 11 is 0. The largest absolute Gasteiger partial charge is 0.337 e. The Bertz CT molecular complexity index is 98.5. The van der Waals surface area contributed by atoms with E-state index in [1.54, 1.807) is 6.92 Å². The molecule has 1 saturated heterocycles. The molecule has 0 aromatic heterocycles. The predicted octanol–water partition coefficient (Wildman–Crippen LogP) is 1.44. The number of rotatable bonds is 3. The lowest BCUT2D eigenvalue weighted by Gasteiger charge is -2.09. The van der Waals surface area contributed by atoms with Gasteiger partial charge in [0.25, 0.3) is 0 Å². The fourth-order valence-corrected chi connectivity index (χ4v) is 0.547. The van der Waals surface area contributed by atoms with Gasteiger partial charge in [-0.3, -0.25) is 0 Å². The van der Waals surface area contributed by atoms with Gasteiger partial charge >= 0.3 is 5.97 Å². The van der Waals surface area contributed by atoms with Crippen molar-refractivity contribution in [2.75, 3.05) is 0 Å². The van der Waals surface area contributed by atoms with Crippen LogP contribution in [-0.2, 0) is 14.5 Å². The quantitative estimate of drug-likeness (QED) is 0.430. The molecular formula is C6H12O3. The first-order chi connectivity index (χ1) is 4.16. The van der Waals surface area contributed by atoms with Crippen LogP contribution in [0.1, 0.15) is 27.2 Å². The van der Waals surface area contributed by atoms with E-state index < -0.39 is 5.97 Å². The number of hydrogen-bond acceptors (Lipinski definition) is 3. The molecule has 1 heterocycles. The minimum absolute atomic E-state index is 0.206. The zero-order valence-corrected chi connectivity index (χ0v) is 6.01. The number of hydrogen-bond donors (Lipinski definition) is 0. The highest BCUT2D eigenvalue weighted by Gasteiger charge is 2.46. The third kappa shape index (κ3) is 1.93. The standard InChI is InChI=1S/C6H12O3/c1-4-5(2)7-6(3)8-9-6/h5H,4H2,1-3H3. The molecule has 1 rings (SSSR count). The van der Waals surface area contributed by atoms with Crippen molar-refractivity contribution in [1.82, 2.24) is 0 Å². The summed E-state index contributed by atoms with van der Waals surface area (Å²) in [6.07, 6.45) is 1.18. The molecule has 0 aromatic carbocycles. The van der Waals surface area contributed by atoms with Crippen LogP contribution in [0.15, 0.2) is 0 Å². The molecule has 9 heavy (non-hydrogen) atoms. The molecule has 3 nitrogen and oxygen atoms in total. The summed E-state index contributed by atoms with van der Waals surface area (Å²) in [6.45, 7) is 5.78. The molecule has 0 amide bonds. The van der Waals surface area contributed by atoms with Gasteiger partial charge in [0, 0.05) is 6.92 Å². The van der Waals surface area contributed by atoms with Crippen molar-refractivity contribution in [3.05, 3.63) is 0 Å². The molecule has 0 bridgehead atoms. The summed E-state index contributed by atoms with van der Waals surface area (Å²) in [5, 5.41) is 0. The van der Waals surface area contributed by atoms with Crippen molar-refractivity contribution in [2.24, 2.45) is 0 Å². The Morgan fingerprint density at radius 3 is 2.44 bits per heavy atom. The zero-order chi connectivity index (χ0) is 6.91. The van der Waals surface area contributed by atoms with Crippen LogP contribution in [0.4, 0.5) is 0 Å². The Morgan fingerprint density at radius 1 is 1.56 bits per heavy atom. The van der Waals surface area contributed by atoms with Crippen LogP contribution in [0.5, 0.6) is 0 Å². The van der Waals surface area contributed by atoms with Crippen LogP contribution in [-0.4, -0.2) is 12.1 Å². The predicted molar refractivity (Wildman–Crippen MR) is 31.4 cm³/mol. The Kier molecular flexibility index (Phi) is 1.75. The normalized spacial score (nSPS) is 25.7. The minimum atomic E-state index is -0.727. The fourth-order valence-electron chi connectivity index (χ4n) is 0.547. The van der Waals surface area contributed by atoms with E-state index in [4.69, 9.17) is 4.74 Å². The maximum atomic E-state index is 5.25. The Hall–Kier alpha value is -0.120. The van der Waals surface area contributed by atoms with Crippen molar-refractivity contribution in [1.29, 1.82) is 0 Å². The molecule has 1 fully saturated rings. The first kappa shape index (κ1) is 6.99. The molecule has 1 aliphatic heterocycles.